The maximum Gasteiger partial charge on any atom is 0.0769 e. The van der Waals surface area contributed by atoms with Crippen molar-refractivity contribution in [3.8, 4) is 0 Å². The second-order valence-electron chi connectivity index (χ2n) is 9.16. The van der Waals surface area contributed by atoms with Gasteiger partial charge in [-0.15, -0.1) is 0 Å². The summed E-state index contributed by atoms with van der Waals surface area (Å²) in [7, 11) is -1.06. The van der Waals surface area contributed by atoms with Crippen molar-refractivity contribution in [2.45, 2.75) is 95.1 Å². The van der Waals surface area contributed by atoms with E-state index in [9.17, 15) is 5.11 Å². The third kappa shape index (κ3) is 3.05. The molecule has 3 heteroatoms. The van der Waals surface area contributed by atoms with Crippen LogP contribution in [0.1, 0.15) is 68.7 Å². The molecule has 0 bridgehead atoms. The van der Waals surface area contributed by atoms with Gasteiger partial charge in [0.25, 0.3) is 0 Å². The summed E-state index contributed by atoms with van der Waals surface area (Å²) in [5, 5.41) is 14.1. The first-order valence-corrected chi connectivity index (χ1v) is 9.75. The van der Waals surface area contributed by atoms with Gasteiger partial charge < -0.3 is 10.4 Å². The molecule has 2 nitrogen and oxygen atoms in total. The molecule has 0 radical (unpaired) electrons. The van der Waals surface area contributed by atoms with Crippen LogP contribution in [0.5, 0.6) is 0 Å². The van der Waals surface area contributed by atoms with E-state index >= 15 is 0 Å². The summed E-state index contributed by atoms with van der Waals surface area (Å²) >= 11 is 0. The molecule has 0 aromatic rings. The van der Waals surface area contributed by atoms with E-state index in [0.29, 0.717) is 6.04 Å². The Hall–Kier alpha value is 0.270. The van der Waals surface area contributed by atoms with Gasteiger partial charge in [-0.3, -0.25) is 0 Å². The van der Waals surface area contributed by atoms with Gasteiger partial charge >= 0.3 is 0 Å². The molecule has 0 unspecified atom stereocenters. The lowest BCUT2D eigenvalue weighted by molar-refractivity contribution is 0.114. The normalized spacial score (nSPS) is 24.2. The minimum atomic E-state index is -1.06. The van der Waals surface area contributed by atoms with Crippen molar-refractivity contribution < 1.29 is 5.11 Å². The first-order chi connectivity index (χ1) is 8.74. The van der Waals surface area contributed by atoms with E-state index in [4.69, 9.17) is 0 Å². The minimum Gasteiger partial charge on any atom is -0.391 e. The van der Waals surface area contributed by atoms with E-state index in [-0.39, 0.29) is 20.3 Å². The largest absolute Gasteiger partial charge is 0.391 e. The highest BCUT2D eigenvalue weighted by atomic mass is 32.3. The van der Waals surface area contributed by atoms with Crippen LogP contribution < -0.4 is 5.32 Å². The molecule has 1 aliphatic heterocycles. The Morgan fingerprint density at radius 3 is 1.50 bits per heavy atom. The van der Waals surface area contributed by atoms with E-state index in [1.54, 1.807) is 0 Å². The fourth-order valence-electron chi connectivity index (χ4n) is 4.52. The Balaban J connectivity index is 3.23. The maximum atomic E-state index is 10.8. The summed E-state index contributed by atoms with van der Waals surface area (Å²) in [5.41, 5.74) is 0. The molecule has 1 saturated heterocycles. The summed E-state index contributed by atoms with van der Waals surface area (Å²) in [4.78, 5) is 0. The zero-order valence-electron chi connectivity index (χ0n) is 15.1. The van der Waals surface area contributed by atoms with Gasteiger partial charge in [-0.25, -0.2) is 10.0 Å². The van der Waals surface area contributed by atoms with Crippen LogP contribution in [0.2, 0.25) is 0 Å². The monoisotopic (exact) mass is 303 g/mol. The maximum absolute atomic E-state index is 10.8. The smallest absolute Gasteiger partial charge is 0.0769 e. The van der Waals surface area contributed by atoms with Crippen molar-refractivity contribution >= 4 is 10.0 Å². The number of aliphatic hydroxyl groups excluding tert-OH is 1. The van der Waals surface area contributed by atoms with Gasteiger partial charge in [-0.2, -0.15) is 0 Å². The first-order valence-electron chi connectivity index (χ1n) is 7.95. The number of hydrogen-bond donors (Lipinski definition) is 2. The van der Waals surface area contributed by atoms with E-state index in [1.165, 1.54) is 0 Å². The Morgan fingerprint density at radius 1 is 0.950 bits per heavy atom. The Bertz CT molecular complexity index is 292. The van der Waals surface area contributed by atoms with Crippen LogP contribution in [0.15, 0.2) is 0 Å². The average Bonchev–Trinajstić information content (AvgIpc) is 2.04. The van der Waals surface area contributed by atoms with Crippen LogP contribution in [0.3, 0.4) is 0 Å². The molecular formula is C17H37NOS. The predicted octanol–water partition coefficient (Wildman–Crippen LogP) is 3.91. The number of nitrogens with one attached hydrogen (secondary N) is 1. The molecule has 0 saturated carbocycles. The molecule has 1 aliphatic rings. The standard InChI is InChI=1S/C17H37NOS/c1-15(2,3)20(16(4,5)6,17(7,8)9)12-14(19)13-10-11-18-13/h13-14,18-19H,10-12H2,1-9H3/t13-,14+/m0/s1. The van der Waals surface area contributed by atoms with Crippen LogP contribution >= 0.6 is 10.0 Å². The molecule has 0 aliphatic carbocycles. The molecule has 0 aromatic heterocycles. The lowest BCUT2D eigenvalue weighted by Gasteiger charge is -2.67. The van der Waals surface area contributed by atoms with E-state index in [2.05, 4.69) is 67.6 Å². The number of rotatable bonds is 3. The van der Waals surface area contributed by atoms with Crippen LogP contribution in [0, 0.1) is 0 Å². The summed E-state index contributed by atoms with van der Waals surface area (Å²) < 4.78 is 0.649. The van der Waals surface area contributed by atoms with Crippen LogP contribution in [0.25, 0.3) is 0 Å². The van der Waals surface area contributed by atoms with E-state index < -0.39 is 10.0 Å². The summed E-state index contributed by atoms with van der Waals surface area (Å²) in [5.74, 6) is 0.946. The van der Waals surface area contributed by atoms with Crippen molar-refractivity contribution in [2.24, 2.45) is 0 Å². The van der Waals surface area contributed by atoms with Crippen molar-refractivity contribution in [1.82, 2.24) is 5.32 Å². The lowest BCUT2D eigenvalue weighted by atomic mass is 10.0. The van der Waals surface area contributed by atoms with Gasteiger partial charge in [0.2, 0.25) is 0 Å². The van der Waals surface area contributed by atoms with Crippen molar-refractivity contribution in [3.63, 3.8) is 0 Å². The topological polar surface area (TPSA) is 32.3 Å². The third-order valence-electron chi connectivity index (χ3n) is 4.88. The van der Waals surface area contributed by atoms with Gasteiger partial charge in [0.15, 0.2) is 0 Å². The quantitative estimate of drug-likeness (QED) is 0.828. The van der Waals surface area contributed by atoms with Crippen LogP contribution in [0.4, 0.5) is 0 Å². The molecule has 1 fully saturated rings. The van der Waals surface area contributed by atoms with E-state index in [0.717, 1.165) is 18.7 Å². The molecule has 1 heterocycles. The van der Waals surface area contributed by atoms with Crippen molar-refractivity contribution in [1.29, 1.82) is 0 Å². The van der Waals surface area contributed by atoms with Crippen molar-refractivity contribution in [2.75, 3.05) is 12.3 Å². The molecule has 2 atom stereocenters. The fourth-order valence-corrected chi connectivity index (χ4v) is 12.3. The third-order valence-corrected chi connectivity index (χ3v) is 12.0. The molecule has 2 N–H and O–H groups in total. The Labute approximate surface area is 128 Å². The molecule has 122 valence electrons. The Morgan fingerprint density at radius 2 is 1.30 bits per heavy atom. The zero-order valence-corrected chi connectivity index (χ0v) is 15.9. The Kier molecular flexibility index (Phi) is 5.02. The number of hydrogen-bond acceptors (Lipinski definition) is 2. The van der Waals surface area contributed by atoms with Crippen LogP contribution in [-0.2, 0) is 0 Å². The second kappa shape index (κ2) is 5.48. The fraction of sp³-hybridized carbons (Fsp3) is 1.00. The van der Waals surface area contributed by atoms with Gasteiger partial charge in [-0.1, -0.05) is 62.3 Å². The predicted molar refractivity (Wildman–Crippen MR) is 94.1 cm³/mol. The van der Waals surface area contributed by atoms with E-state index in [1.807, 2.05) is 0 Å². The van der Waals surface area contributed by atoms with Crippen LogP contribution in [-0.4, -0.2) is 43.8 Å². The number of aliphatic hydroxyl groups is 1. The molecule has 0 spiro atoms. The molecule has 20 heavy (non-hydrogen) atoms. The average molecular weight is 304 g/mol. The first kappa shape index (κ1) is 18.3. The summed E-state index contributed by atoms with van der Waals surface area (Å²) in [6.45, 7) is 22.4. The van der Waals surface area contributed by atoms with Gasteiger partial charge in [0, 0.05) is 11.8 Å². The molecule has 0 aromatic carbocycles. The highest BCUT2D eigenvalue weighted by Gasteiger charge is 2.53. The summed E-state index contributed by atoms with van der Waals surface area (Å²) in [6.07, 6.45) is 0.909. The molecule has 1 rings (SSSR count). The van der Waals surface area contributed by atoms with Crippen molar-refractivity contribution in [3.05, 3.63) is 0 Å². The highest BCUT2D eigenvalue weighted by molar-refractivity contribution is 8.36. The minimum absolute atomic E-state index is 0.212. The van der Waals surface area contributed by atoms with Gasteiger partial charge in [0.05, 0.1) is 6.10 Å². The molecule has 0 amide bonds. The van der Waals surface area contributed by atoms with Gasteiger partial charge in [-0.05, 0) is 27.2 Å². The lowest BCUT2D eigenvalue weighted by Crippen LogP contribution is -2.57. The zero-order chi connectivity index (χ0) is 16.0. The summed E-state index contributed by atoms with van der Waals surface area (Å²) in [6, 6.07) is 0.314. The highest BCUT2D eigenvalue weighted by Crippen LogP contribution is 2.74. The second-order valence-corrected chi connectivity index (χ2v) is 14.6. The molecular weight excluding hydrogens is 266 g/mol. The van der Waals surface area contributed by atoms with Gasteiger partial charge in [0.1, 0.15) is 0 Å². The SMILES string of the molecule is CC(C)(C)S(C[C@@H](O)[C@@H]1CCN1)(C(C)(C)C)C(C)(C)C.